The van der Waals surface area contributed by atoms with Crippen LogP contribution in [0.15, 0.2) is 0 Å². The van der Waals surface area contributed by atoms with E-state index in [9.17, 15) is 8.42 Å². The number of nitrogens with one attached hydrogen (secondary N) is 1. The first kappa shape index (κ1) is 11.0. The lowest BCUT2D eigenvalue weighted by molar-refractivity contribution is 0.301. The van der Waals surface area contributed by atoms with Crippen LogP contribution in [0.25, 0.3) is 0 Å². The van der Waals surface area contributed by atoms with Gasteiger partial charge in [-0.3, -0.25) is 0 Å². The van der Waals surface area contributed by atoms with Gasteiger partial charge < -0.3 is 0 Å². The average Bonchev–Trinajstić information content (AvgIpc) is 2.01. The van der Waals surface area contributed by atoms with Crippen molar-refractivity contribution in [2.75, 3.05) is 6.26 Å². The largest absolute Gasteiger partial charge is 0.213 e. The van der Waals surface area contributed by atoms with E-state index in [2.05, 4.69) is 11.6 Å². The Morgan fingerprint density at radius 1 is 1.38 bits per heavy atom. The minimum absolute atomic E-state index is 0.189. The molecule has 0 aromatic carbocycles. The molecule has 0 spiro atoms. The maximum Gasteiger partial charge on any atom is 0.208 e. The molecule has 78 valence electrons. The molecule has 1 fully saturated rings. The van der Waals surface area contributed by atoms with Crippen molar-refractivity contribution in [1.82, 2.24) is 4.72 Å². The van der Waals surface area contributed by atoms with Crippen molar-refractivity contribution in [1.29, 1.82) is 0 Å². The summed E-state index contributed by atoms with van der Waals surface area (Å²) in [4.78, 5) is 0. The van der Waals surface area contributed by atoms with Gasteiger partial charge >= 0.3 is 0 Å². The minimum Gasteiger partial charge on any atom is -0.213 e. The molecule has 0 aromatic heterocycles. The van der Waals surface area contributed by atoms with Gasteiger partial charge in [-0.15, -0.1) is 0 Å². The molecule has 0 amide bonds. The third-order valence-electron chi connectivity index (χ3n) is 2.74. The van der Waals surface area contributed by atoms with Gasteiger partial charge in [-0.05, 0) is 18.8 Å². The fourth-order valence-corrected chi connectivity index (χ4v) is 2.89. The van der Waals surface area contributed by atoms with E-state index >= 15 is 0 Å². The highest BCUT2D eigenvalue weighted by Gasteiger charge is 2.22. The van der Waals surface area contributed by atoms with Crippen molar-refractivity contribution in [2.24, 2.45) is 5.92 Å². The first-order chi connectivity index (χ1) is 6.01. The van der Waals surface area contributed by atoms with Crippen LogP contribution in [0.4, 0.5) is 0 Å². The zero-order chi connectivity index (χ0) is 9.90. The second-order valence-corrected chi connectivity index (χ2v) is 5.81. The Labute approximate surface area is 81.0 Å². The van der Waals surface area contributed by atoms with E-state index in [1.807, 2.05) is 0 Å². The highest BCUT2D eigenvalue weighted by molar-refractivity contribution is 7.88. The Kier molecular flexibility index (Phi) is 3.74. The molecule has 0 saturated heterocycles. The first-order valence-corrected chi connectivity index (χ1v) is 6.87. The van der Waals surface area contributed by atoms with E-state index in [0.717, 1.165) is 19.3 Å². The third-order valence-corrected chi connectivity index (χ3v) is 3.50. The second kappa shape index (κ2) is 4.42. The topological polar surface area (TPSA) is 46.2 Å². The van der Waals surface area contributed by atoms with Gasteiger partial charge in [-0.2, -0.15) is 0 Å². The zero-order valence-electron chi connectivity index (χ0n) is 8.41. The van der Waals surface area contributed by atoms with E-state index in [1.54, 1.807) is 0 Å². The van der Waals surface area contributed by atoms with Crippen LogP contribution in [0.3, 0.4) is 0 Å². The number of sulfonamides is 1. The molecule has 0 aromatic rings. The molecular formula is C9H19NO2S. The summed E-state index contributed by atoms with van der Waals surface area (Å²) in [5.41, 5.74) is 0. The standard InChI is InChI=1S/C9H19NO2S/c1-3-8-5-4-6-9(7-8)10-13(2,11)12/h8-10H,3-7H2,1-2H3/t8?,9-/m1/s1. The molecule has 1 aliphatic rings. The quantitative estimate of drug-likeness (QED) is 0.759. The van der Waals surface area contributed by atoms with Gasteiger partial charge in [0.05, 0.1) is 6.26 Å². The zero-order valence-corrected chi connectivity index (χ0v) is 9.23. The summed E-state index contributed by atoms with van der Waals surface area (Å²) >= 11 is 0. The lowest BCUT2D eigenvalue weighted by Gasteiger charge is -2.28. The van der Waals surface area contributed by atoms with Gasteiger partial charge in [0.15, 0.2) is 0 Å². The van der Waals surface area contributed by atoms with Crippen LogP contribution in [0.5, 0.6) is 0 Å². The molecule has 1 saturated carbocycles. The molecule has 0 radical (unpaired) electrons. The summed E-state index contributed by atoms with van der Waals surface area (Å²) in [5, 5.41) is 0. The van der Waals surface area contributed by atoms with E-state index in [0.29, 0.717) is 5.92 Å². The Morgan fingerprint density at radius 3 is 2.62 bits per heavy atom. The van der Waals surface area contributed by atoms with Crippen molar-refractivity contribution in [3.8, 4) is 0 Å². The predicted molar refractivity (Wildman–Crippen MR) is 54.0 cm³/mol. The molecule has 0 bridgehead atoms. The Bertz CT molecular complexity index is 248. The van der Waals surface area contributed by atoms with Crippen molar-refractivity contribution < 1.29 is 8.42 Å². The summed E-state index contributed by atoms with van der Waals surface area (Å²) < 4.78 is 24.7. The maximum atomic E-state index is 11.0. The summed E-state index contributed by atoms with van der Waals surface area (Å²) in [6.07, 6.45) is 6.85. The van der Waals surface area contributed by atoms with Crippen LogP contribution >= 0.6 is 0 Å². The van der Waals surface area contributed by atoms with Gasteiger partial charge in [0.1, 0.15) is 0 Å². The van der Waals surface area contributed by atoms with Gasteiger partial charge in [0.25, 0.3) is 0 Å². The van der Waals surface area contributed by atoms with Crippen molar-refractivity contribution in [3.05, 3.63) is 0 Å². The number of hydrogen-bond donors (Lipinski definition) is 1. The highest BCUT2D eigenvalue weighted by atomic mass is 32.2. The van der Waals surface area contributed by atoms with Crippen molar-refractivity contribution >= 4 is 10.0 Å². The van der Waals surface area contributed by atoms with Crippen LogP contribution in [-0.2, 0) is 10.0 Å². The molecule has 13 heavy (non-hydrogen) atoms. The van der Waals surface area contributed by atoms with Crippen LogP contribution < -0.4 is 4.72 Å². The fraction of sp³-hybridized carbons (Fsp3) is 1.00. The number of rotatable bonds is 3. The van der Waals surface area contributed by atoms with Crippen LogP contribution in [0, 0.1) is 5.92 Å². The lowest BCUT2D eigenvalue weighted by Crippen LogP contribution is -2.37. The van der Waals surface area contributed by atoms with E-state index in [-0.39, 0.29) is 6.04 Å². The Morgan fingerprint density at radius 2 is 2.08 bits per heavy atom. The molecule has 3 nitrogen and oxygen atoms in total. The molecule has 0 heterocycles. The second-order valence-electron chi connectivity index (χ2n) is 4.03. The molecule has 0 aliphatic heterocycles. The SMILES string of the molecule is CCC1CCC[C@@H](NS(C)(=O)=O)C1. The van der Waals surface area contributed by atoms with E-state index in [4.69, 9.17) is 0 Å². The molecule has 4 heteroatoms. The molecule has 2 atom stereocenters. The first-order valence-electron chi connectivity index (χ1n) is 4.98. The fourth-order valence-electron chi connectivity index (χ4n) is 2.07. The summed E-state index contributed by atoms with van der Waals surface area (Å²) in [5.74, 6) is 0.716. The van der Waals surface area contributed by atoms with Gasteiger partial charge in [0.2, 0.25) is 10.0 Å². The average molecular weight is 205 g/mol. The van der Waals surface area contributed by atoms with E-state index in [1.165, 1.54) is 19.1 Å². The van der Waals surface area contributed by atoms with Crippen LogP contribution in [-0.4, -0.2) is 20.7 Å². The van der Waals surface area contributed by atoms with Gasteiger partial charge in [-0.25, -0.2) is 13.1 Å². The highest BCUT2D eigenvalue weighted by Crippen LogP contribution is 2.26. The minimum atomic E-state index is -3.01. The molecule has 1 aliphatic carbocycles. The molecule has 1 N–H and O–H groups in total. The van der Waals surface area contributed by atoms with Crippen LogP contribution in [0.1, 0.15) is 39.0 Å². The maximum absolute atomic E-state index is 11.0. The third kappa shape index (κ3) is 4.09. The molecule has 1 unspecified atom stereocenters. The van der Waals surface area contributed by atoms with Gasteiger partial charge in [0, 0.05) is 6.04 Å². The van der Waals surface area contributed by atoms with Crippen molar-refractivity contribution in [3.63, 3.8) is 0 Å². The summed E-state index contributed by atoms with van der Waals surface area (Å²) in [7, 11) is -3.01. The van der Waals surface area contributed by atoms with Gasteiger partial charge in [-0.1, -0.05) is 26.2 Å². The predicted octanol–water partition coefficient (Wildman–Crippen LogP) is 1.50. The monoisotopic (exact) mass is 205 g/mol. The Balaban J connectivity index is 2.43. The smallest absolute Gasteiger partial charge is 0.208 e. The van der Waals surface area contributed by atoms with Crippen LogP contribution in [0.2, 0.25) is 0 Å². The Hall–Kier alpha value is -0.0900. The summed E-state index contributed by atoms with van der Waals surface area (Å²) in [6, 6.07) is 0.189. The molecule has 1 rings (SSSR count). The molecular weight excluding hydrogens is 186 g/mol. The normalized spacial score (nSPS) is 30.3. The number of hydrogen-bond acceptors (Lipinski definition) is 2. The van der Waals surface area contributed by atoms with E-state index < -0.39 is 10.0 Å². The summed E-state index contributed by atoms with van der Waals surface area (Å²) in [6.45, 7) is 2.17. The van der Waals surface area contributed by atoms with Crippen molar-refractivity contribution in [2.45, 2.75) is 45.1 Å². The lowest BCUT2D eigenvalue weighted by atomic mass is 9.85.